The minimum Gasteiger partial charge on any atom is -0.389 e. The van der Waals surface area contributed by atoms with Gasteiger partial charge in [0.1, 0.15) is 4.99 Å². The van der Waals surface area contributed by atoms with Crippen molar-refractivity contribution in [2.75, 3.05) is 11.5 Å². The summed E-state index contributed by atoms with van der Waals surface area (Å²) in [6.45, 7) is 4.44. The molecular formula is C16H26N2S3. The summed E-state index contributed by atoms with van der Waals surface area (Å²) in [5, 5.41) is 2.10. The van der Waals surface area contributed by atoms with Crippen LogP contribution in [0.3, 0.4) is 0 Å². The lowest BCUT2D eigenvalue weighted by Gasteiger charge is -2.08. The number of thiocarbonyl (C=S) groups is 1. The Morgan fingerprint density at radius 3 is 2.10 bits per heavy atom. The van der Waals surface area contributed by atoms with Crippen LogP contribution in [0.15, 0.2) is 22.2 Å². The van der Waals surface area contributed by atoms with E-state index in [-0.39, 0.29) is 0 Å². The number of thioether (sulfide) groups is 2. The average molecular weight is 343 g/mol. The van der Waals surface area contributed by atoms with Gasteiger partial charge in [-0.3, -0.25) is 0 Å². The normalized spacial score (nSPS) is 10.8. The summed E-state index contributed by atoms with van der Waals surface area (Å²) in [7, 11) is 0. The van der Waals surface area contributed by atoms with Crippen LogP contribution in [-0.4, -0.2) is 21.5 Å². The lowest BCUT2D eigenvalue weighted by atomic mass is 10.2. The smallest absolute Gasteiger partial charge is 0.104 e. The Bertz CT molecular complexity index is 436. The van der Waals surface area contributed by atoms with E-state index in [4.69, 9.17) is 22.9 Å². The van der Waals surface area contributed by atoms with Gasteiger partial charge in [-0.2, -0.15) is 0 Å². The molecule has 1 aromatic heterocycles. The van der Waals surface area contributed by atoms with E-state index in [0.29, 0.717) is 4.99 Å². The van der Waals surface area contributed by atoms with Gasteiger partial charge >= 0.3 is 0 Å². The number of nitrogens with two attached hydrogens (primary N) is 1. The second kappa shape index (κ2) is 11.3. The van der Waals surface area contributed by atoms with Crippen molar-refractivity contribution in [2.45, 2.75) is 62.4 Å². The quantitative estimate of drug-likeness (QED) is 0.336. The van der Waals surface area contributed by atoms with E-state index in [1.54, 1.807) is 11.8 Å². The Morgan fingerprint density at radius 2 is 1.57 bits per heavy atom. The first kappa shape index (κ1) is 18.8. The first-order valence-electron chi connectivity index (χ1n) is 7.74. The van der Waals surface area contributed by atoms with Crippen LogP contribution in [0.4, 0.5) is 0 Å². The number of rotatable bonds is 11. The summed E-state index contributed by atoms with van der Waals surface area (Å²) in [4.78, 5) is 5.18. The molecule has 0 aliphatic carbocycles. The van der Waals surface area contributed by atoms with E-state index in [9.17, 15) is 0 Å². The fourth-order valence-electron chi connectivity index (χ4n) is 1.80. The molecule has 0 saturated carbocycles. The maximum atomic E-state index is 5.79. The summed E-state index contributed by atoms with van der Waals surface area (Å²) in [6, 6.07) is 4.04. The second-order valence-electron chi connectivity index (χ2n) is 5.01. The minimum absolute atomic E-state index is 0.461. The lowest BCUT2D eigenvalue weighted by molar-refractivity contribution is 0.706. The molecule has 5 heteroatoms. The molecule has 1 aromatic rings. The summed E-state index contributed by atoms with van der Waals surface area (Å²) in [5.74, 6) is 2.22. The van der Waals surface area contributed by atoms with Crippen molar-refractivity contribution < 1.29 is 0 Å². The second-order valence-corrected chi connectivity index (χ2v) is 7.68. The van der Waals surface area contributed by atoms with Crippen molar-refractivity contribution >= 4 is 40.7 Å². The summed E-state index contributed by atoms with van der Waals surface area (Å²) in [5.41, 5.74) is 6.73. The van der Waals surface area contributed by atoms with Gasteiger partial charge in [-0.15, -0.1) is 23.5 Å². The van der Waals surface area contributed by atoms with Gasteiger partial charge in [-0.1, -0.05) is 51.7 Å². The van der Waals surface area contributed by atoms with Gasteiger partial charge in [0.15, 0.2) is 0 Å². The predicted octanol–water partition coefficient (Wildman–Crippen LogP) is 5.28. The number of aromatic nitrogens is 1. The monoisotopic (exact) mass is 342 g/mol. The summed E-state index contributed by atoms with van der Waals surface area (Å²) >= 11 is 8.73. The van der Waals surface area contributed by atoms with Gasteiger partial charge in [0.25, 0.3) is 0 Å². The van der Waals surface area contributed by atoms with Crippen molar-refractivity contribution in [1.29, 1.82) is 0 Å². The van der Waals surface area contributed by atoms with Crippen molar-refractivity contribution in [1.82, 2.24) is 4.98 Å². The van der Waals surface area contributed by atoms with Crippen molar-refractivity contribution in [3.05, 3.63) is 17.7 Å². The number of pyridine rings is 1. The largest absolute Gasteiger partial charge is 0.389 e. The molecule has 0 atom stereocenters. The van der Waals surface area contributed by atoms with Crippen molar-refractivity contribution in [3.63, 3.8) is 0 Å². The van der Waals surface area contributed by atoms with E-state index >= 15 is 0 Å². The Balaban J connectivity index is 2.61. The molecule has 0 amide bonds. The van der Waals surface area contributed by atoms with E-state index in [1.165, 1.54) is 38.5 Å². The maximum Gasteiger partial charge on any atom is 0.104 e. The van der Waals surface area contributed by atoms with E-state index < -0.39 is 0 Å². The molecule has 2 nitrogen and oxygen atoms in total. The first-order chi connectivity index (χ1) is 10.2. The van der Waals surface area contributed by atoms with Gasteiger partial charge < -0.3 is 5.73 Å². The molecule has 0 radical (unpaired) electrons. The standard InChI is InChI=1S/C16H26N2S3/c1-3-5-7-8-10-21-15-12-13(16(17)19)11-14(18-15)20-9-6-4-2/h11-12H,3-10H2,1-2H3,(H2,17,19). The lowest BCUT2D eigenvalue weighted by Crippen LogP contribution is -2.10. The fraction of sp³-hybridized carbons (Fsp3) is 0.625. The minimum atomic E-state index is 0.461. The molecule has 1 rings (SSSR count). The average Bonchev–Trinajstić information content (AvgIpc) is 2.47. The predicted molar refractivity (Wildman–Crippen MR) is 101 cm³/mol. The molecule has 0 spiro atoms. The Kier molecular flexibility index (Phi) is 10.1. The van der Waals surface area contributed by atoms with E-state index in [1.807, 2.05) is 23.9 Å². The van der Waals surface area contributed by atoms with Crippen LogP contribution in [0.25, 0.3) is 0 Å². The molecule has 0 bridgehead atoms. The Hall–Kier alpha value is -0.260. The van der Waals surface area contributed by atoms with E-state index in [0.717, 1.165) is 27.1 Å². The first-order valence-corrected chi connectivity index (χ1v) is 10.1. The number of hydrogen-bond acceptors (Lipinski definition) is 4. The van der Waals surface area contributed by atoms with Gasteiger partial charge in [0, 0.05) is 5.56 Å². The Morgan fingerprint density at radius 1 is 1.00 bits per heavy atom. The fourth-order valence-corrected chi connectivity index (χ4v) is 3.92. The highest BCUT2D eigenvalue weighted by atomic mass is 32.2. The van der Waals surface area contributed by atoms with Crippen LogP contribution >= 0.6 is 35.7 Å². The summed E-state index contributed by atoms with van der Waals surface area (Å²) in [6.07, 6.45) is 7.56. The zero-order valence-electron chi connectivity index (χ0n) is 13.1. The van der Waals surface area contributed by atoms with Gasteiger partial charge in [0.05, 0.1) is 10.1 Å². The summed E-state index contributed by atoms with van der Waals surface area (Å²) < 4.78 is 0. The van der Waals surface area contributed by atoms with Crippen LogP contribution < -0.4 is 5.73 Å². The molecule has 1 heterocycles. The SMILES string of the molecule is CCCCCCSc1cc(C(N)=S)cc(SCCCC)n1. The molecule has 0 saturated heterocycles. The van der Waals surface area contributed by atoms with Crippen molar-refractivity contribution in [3.8, 4) is 0 Å². The highest BCUT2D eigenvalue weighted by Gasteiger charge is 2.06. The Labute approximate surface area is 143 Å². The highest BCUT2D eigenvalue weighted by molar-refractivity contribution is 7.99. The molecule has 0 fully saturated rings. The molecule has 0 aromatic carbocycles. The van der Waals surface area contributed by atoms with Gasteiger partial charge in [0.2, 0.25) is 0 Å². The topological polar surface area (TPSA) is 38.9 Å². The van der Waals surface area contributed by atoms with Crippen LogP contribution in [0.1, 0.15) is 57.9 Å². The molecule has 118 valence electrons. The third-order valence-corrected chi connectivity index (χ3v) is 5.29. The van der Waals surface area contributed by atoms with Crippen LogP contribution in [0.2, 0.25) is 0 Å². The van der Waals surface area contributed by atoms with Gasteiger partial charge in [-0.05, 0) is 36.5 Å². The molecule has 21 heavy (non-hydrogen) atoms. The van der Waals surface area contributed by atoms with E-state index in [2.05, 4.69) is 13.8 Å². The number of nitrogens with zero attached hydrogens (tertiary/aromatic N) is 1. The van der Waals surface area contributed by atoms with Crippen molar-refractivity contribution in [2.24, 2.45) is 5.73 Å². The molecule has 0 aliphatic heterocycles. The third kappa shape index (κ3) is 8.07. The zero-order valence-corrected chi connectivity index (χ0v) is 15.5. The molecular weight excluding hydrogens is 316 g/mol. The van der Waals surface area contributed by atoms with Crippen LogP contribution in [0, 0.1) is 0 Å². The highest BCUT2D eigenvalue weighted by Crippen LogP contribution is 2.25. The zero-order chi connectivity index (χ0) is 15.5. The van der Waals surface area contributed by atoms with Crippen LogP contribution in [0.5, 0.6) is 0 Å². The molecule has 0 aliphatic rings. The number of unbranched alkanes of at least 4 members (excludes halogenated alkanes) is 4. The number of hydrogen-bond donors (Lipinski definition) is 1. The maximum absolute atomic E-state index is 5.79. The van der Waals surface area contributed by atoms with Gasteiger partial charge in [-0.25, -0.2) is 4.98 Å². The third-order valence-electron chi connectivity index (χ3n) is 3.06. The van der Waals surface area contributed by atoms with Crippen LogP contribution in [-0.2, 0) is 0 Å². The molecule has 0 unspecified atom stereocenters. The molecule has 2 N–H and O–H groups in total.